The molecule has 1 fully saturated rings. The molecule has 0 aromatic rings. The van der Waals surface area contributed by atoms with Crippen LogP contribution in [0.5, 0.6) is 0 Å². The van der Waals surface area contributed by atoms with Gasteiger partial charge in [0.15, 0.2) is 8.32 Å². The normalized spacial score (nSPS) is 26.9. The van der Waals surface area contributed by atoms with Gasteiger partial charge in [0.2, 0.25) is 0 Å². The minimum atomic E-state index is -1.92. The zero-order chi connectivity index (χ0) is 15.6. The van der Waals surface area contributed by atoms with Crippen LogP contribution in [0.1, 0.15) is 34.1 Å². The average molecular weight is 300 g/mol. The first-order valence-corrected chi connectivity index (χ1v) is 10.1. The molecule has 6 nitrogen and oxygen atoms in total. The molecular formula is C13H28N4O2Si. The molecule has 0 radical (unpaired) electrons. The lowest BCUT2D eigenvalue weighted by atomic mass is 10.0. The van der Waals surface area contributed by atoms with Crippen molar-refractivity contribution in [3.05, 3.63) is 10.4 Å². The van der Waals surface area contributed by atoms with Crippen molar-refractivity contribution in [2.45, 2.75) is 70.6 Å². The molecule has 1 aliphatic rings. The SMILES string of the molecule is CC(O)N1CCC(N=[N+]=[N-])C(O[Si](C)(C)C(C)(C)C)C1. The molecule has 3 atom stereocenters. The van der Waals surface area contributed by atoms with Gasteiger partial charge in [-0.2, -0.15) is 0 Å². The molecule has 1 N–H and O–H groups in total. The maximum atomic E-state index is 9.75. The van der Waals surface area contributed by atoms with E-state index in [4.69, 9.17) is 9.96 Å². The highest BCUT2D eigenvalue weighted by Gasteiger charge is 2.42. The van der Waals surface area contributed by atoms with E-state index in [9.17, 15) is 5.11 Å². The maximum Gasteiger partial charge on any atom is 0.192 e. The summed E-state index contributed by atoms with van der Waals surface area (Å²) in [6, 6.07) is -0.135. The Hall–Kier alpha value is -0.593. The van der Waals surface area contributed by atoms with Crippen LogP contribution in [0, 0.1) is 0 Å². The lowest BCUT2D eigenvalue weighted by molar-refractivity contribution is -0.0360. The molecular weight excluding hydrogens is 272 g/mol. The van der Waals surface area contributed by atoms with Gasteiger partial charge in [-0.25, -0.2) is 0 Å². The van der Waals surface area contributed by atoms with Crippen LogP contribution in [0.3, 0.4) is 0 Å². The molecule has 1 aliphatic heterocycles. The van der Waals surface area contributed by atoms with Crippen molar-refractivity contribution < 1.29 is 9.53 Å². The van der Waals surface area contributed by atoms with Gasteiger partial charge in [0.25, 0.3) is 0 Å². The van der Waals surface area contributed by atoms with Gasteiger partial charge in [-0.3, -0.25) is 4.90 Å². The summed E-state index contributed by atoms with van der Waals surface area (Å²) in [4.78, 5) is 4.92. The van der Waals surface area contributed by atoms with Crippen LogP contribution < -0.4 is 0 Å². The van der Waals surface area contributed by atoms with Gasteiger partial charge in [0.1, 0.15) is 6.23 Å². The second-order valence-corrected chi connectivity index (χ2v) is 11.9. The molecule has 0 aliphatic carbocycles. The third-order valence-corrected chi connectivity index (χ3v) is 9.04. The van der Waals surface area contributed by atoms with E-state index >= 15 is 0 Å². The van der Waals surface area contributed by atoms with Crippen LogP contribution in [0.2, 0.25) is 18.1 Å². The molecule has 20 heavy (non-hydrogen) atoms. The van der Waals surface area contributed by atoms with E-state index in [1.165, 1.54) is 0 Å². The first-order chi connectivity index (χ1) is 9.08. The van der Waals surface area contributed by atoms with E-state index in [2.05, 4.69) is 43.9 Å². The summed E-state index contributed by atoms with van der Waals surface area (Å²) in [6.07, 6.45) is 0.108. The Labute approximate surface area is 122 Å². The quantitative estimate of drug-likeness (QED) is 0.375. The lowest BCUT2D eigenvalue weighted by Gasteiger charge is -2.45. The third-order valence-electron chi connectivity index (χ3n) is 4.54. The lowest BCUT2D eigenvalue weighted by Crippen LogP contribution is -2.55. The second-order valence-electron chi connectivity index (χ2n) is 7.10. The van der Waals surface area contributed by atoms with Crippen LogP contribution in [-0.2, 0) is 4.43 Å². The van der Waals surface area contributed by atoms with Gasteiger partial charge < -0.3 is 9.53 Å². The molecule has 0 saturated carbocycles. The first-order valence-electron chi connectivity index (χ1n) is 7.22. The number of likely N-dealkylation sites (tertiary alicyclic amines) is 1. The Balaban J connectivity index is 2.87. The van der Waals surface area contributed by atoms with E-state index in [1.54, 1.807) is 6.92 Å². The monoisotopic (exact) mass is 300 g/mol. The number of piperidine rings is 1. The van der Waals surface area contributed by atoms with E-state index in [0.29, 0.717) is 6.54 Å². The summed E-state index contributed by atoms with van der Waals surface area (Å²) in [7, 11) is -1.92. The van der Waals surface area contributed by atoms with Crippen molar-refractivity contribution in [1.82, 2.24) is 4.90 Å². The van der Waals surface area contributed by atoms with Crippen LogP contribution in [0.4, 0.5) is 0 Å². The molecule has 116 valence electrons. The number of nitrogens with zero attached hydrogens (tertiary/aromatic N) is 4. The summed E-state index contributed by atoms with van der Waals surface area (Å²) in [5.41, 5.74) is 8.72. The molecule has 7 heteroatoms. The highest BCUT2D eigenvalue weighted by atomic mass is 28.4. The summed E-state index contributed by atoms with van der Waals surface area (Å²) < 4.78 is 6.41. The Morgan fingerprint density at radius 3 is 2.50 bits per heavy atom. The Morgan fingerprint density at radius 2 is 2.05 bits per heavy atom. The number of azide groups is 1. The fraction of sp³-hybridized carbons (Fsp3) is 1.00. The predicted octanol–water partition coefficient (Wildman–Crippen LogP) is 3.10. The van der Waals surface area contributed by atoms with Gasteiger partial charge in [-0.15, -0.1) is 0 Å². The number of aliphatic hydroxyl groups excluding tert-OH is 1. The minimum absolute atomic E-state index is 0.112. The molecule has 0 aromatic heterocycles. The minimum Gasteiger partial charge on any atom is -0.412 e. The predicted molar refractivity (Wildman–Crippen MR) is 82.9 cm³/mol. The van der Waals surface area contributed by atoms with Crippen molar-refractivity contribution in [2.24, 2.45) is 5.11 Å². The molecule has 0 bridgehead atoms. The van der Waals surface area contributed by atoms with Crippen LogP contribution >= 0.6 is 0 Å². The van der Waals surface area contributed by atoms with E-state index < -0.39 is 14.5 Å². The molecule has 1 rings (SSSR count). The highest BCUT2D eigenvalue weighted by molar-refractivity contribution is 6.74. The summed E-state index contributed by atoms with van der Waals surface area (Å²) in [5.74, 6) is 0. The number of hydrogen-bond donors (Lipinski definition) is 1. The van der Waals surface area contributed by atoms with Crippen molar-refractivity contribution in [2.75, 3.05) is 13.1 Å². The zero-order valence-corrected chi connectivity index (χ0v) is 14.5. The van der Waals surface area contributed by atoms with Gasteiger partial charge >= 0.3 is 0 Å². The molecule has 0 aromatic carbocycles. The van der Waals surface area contributed by atoms with Crippen molar-refractivity contribution >= 4 is 8.32 Å². The number of rotatable bonds is 4. The van der Waals surface area contributed by atoms with E-state index in [1.807, 2.05) is 4.90 Å². The molecule has 1 heterocycles. The smallest absolute Gasteiger partial charge is 0.192 e. The standard InChI is InChI=1S/C13H28N4O2Si/c1-10(18)17-8-7-11(15-16-14)12(9-17)19-20(5,6)13(2,3)4/h10-12,18H,7-9H2,1-6H3. The van der Waals surface area contributed by atoms with Crippen molar-refractivity contribution in [3.8, 4) is 0 Å². The Bertz CT molecular complexity index is 375. The van der Waals surface area contributed by atoms with Gasteiger partial charge in [0, 0.05) is 18.0 Å². The molecule has 0 amide bonds. The zero-order valence-electron chi connectivity index (χ0n) is 13.5. The summed E-state index contributed by atoms with van der Waals surface area (Å²) in [6.45, 7) is 14.1. The third kappa shape index (κ3) is 4.20. The second kappa shape index (κ2) is 6.45. The average Bonchev–Trinajstić information content (AvgIpc) is 2.29. The van der Waals surface area contributed by atoms with Crippen molar-refractivity contribution in [1.29, 1.82) is 0 Å². The van der Waals surface area contributed by atoms with Crippen LogP contribution in [-0.4, -0.2) is 49.8 Å². The van der Waals surface area contributed by atoms with E-state index in [0.717, 1.165) is 13.0 Å². The highest BCUT2D eigenvalue weighted by Crippen LogP contribution is 2.38. The fourth-order valence-electron chi connectivity index (χ4n) is 2.14. The first kappa shape index (κ1) is 17.5. The molecule has 1 saturated heterocycles. The number of hydrogen-bond acceptors (Lipinski definition) is 4. The summed E-state index contributed by atoms with van der Waals surface area (Å²) >= 11 is 0. The van der Waals surface area contributed by atoms with Gasteiger partial charge in [0.05, 0.1) is 12.1 Å². The van der Waals surface area contributed by atoms with Gasteiger partial charge in [-0.05, 0) is 37.0 Å². The number of aliphatic hydroxyl groups is 1. The van der Waals surface area contributed by atoms with Gasteiger partial charge in [-0.1, -0.05) is 25.9 Å². The Morgan fingerprint density at radius 1 is 1.45 bits per heavy atom. The maximum absolute atomic E-state index is 9.75. The van der Waals surface area contributed by atoms with E-state index in [-0.39, 0.29) is 17.2 Å². The topological polar surface area (TPSA) is 81.5 Å². The molecule has 0 spiro atoms. The van der Waals surface area contributed by atoms with Crippen LogP contribution in [0.15, 0.2) is 5.11 Å². The fourth-order valence-corrected chi connectivity index (χ4v) is 3.48. The Kier molecular flexibility index (Phi) is 5.63. The van der Waals surface area contributed by atoms with Crippen molar-refractivity contribution in [3.63, 3.8) is 0 Å². The molecule has 3 unspecified atom stereocenters. The largest absolute Gasteiger partial charge is 0.412 e. The van der Waals surface area contributed by atoms with Crippen LogP contribution in [0.25, 0.3) is 10.4 Å². The summed E-state index contributed by atoms with van der Waals surface area (Å²) in [5, 5.41) is 13.8.